The molecule has 7 amide bonds. The Balaban J connectivity index is 0.822. The number of nitrogens with one attached hydrogen (secondary N) is 4. The molecule has 1 aliphatic carbocycles. The molecule has 80 heavy (non-hydrogen) atoms. The number of amides is 7. The molecule has 0 saturated carbocycles. The third-order valence-electron chi connectivity index (χ3n) is 15.1. The van der Waals surface area contributed by atoms with Crippen LogP contribution in [0.2, 0.25) is 0 Å². The largest absolute Gasteiger partial charge is 0.498 e. The van der Waals surface area contributed by atoms with Crippen molar-refractivity contribution in [1.82, 2.24) is 15.7 Å². The van der Waals surface area contributed by atoms with E-state index in [4.69, 9.17) is 28.8 Å². The molecule has 5 heterocycles. The Morgan fingerprint density at radius 1 is 0.762 bits per heavy atom. The van der Waals surface area contributed by atoms with Crippen LogP contribution in [-0.4, -0.2) is 109 Å². The van der Waals surface area contributed by atoms with Gasteiger partial charge in [-0.2, -0.15) is 0 Å². The van der Waals surface area contributed by atoms with E-state index in [2.05, 4.69) is 21.3 Å². The van der Waals surface area contributed by atoms with Gasteiger partial charge < -0.3 is 50.0 Å². The van der Waals surface area contributed by atoms with E-state index in [1.165, 1.54) is 28.1 Å². The molecule has 4 aromatic rings. The van der Waals surface area contributed by atoms with E-state index < -0.39 is 53.2 Å². The first-order valence-corrected chi connectivity index (χ1v) is 26.7. The zero-order valence-electron chi connectivity index (χ0n) is 45.1. The molecule has 6 aliphatic rings. The van der Waals surface area contributed by atoms with E-state index in [1.807, 2.05) is 72.6 Å². The number of imide groups is 1. The lowest BCUT2D eigenvalue weighted by Crippen LogP contribution is -2.50. The fraction of sp³-hybridized carbons (Fsp3) is 0.373. The monoisotopic (exact) mass is 1090 g/mol. The average Bonchev–Trinajstić information content (AvgIpc) is 4.22. The Morgan fingerprint density at radius 2 is 1.44 bits per heavy atom. The smallest absolute Gasteiger partial charge is 0.333 e. The molecule has 4 N–H and O–H groups in total. The summed E-state index contributed by atoms with van der Waals surface area (Å²) in [6.45, 7) is 5.34. The van der Waals surface area contributed by atoms with Gasteiger partial charge in [-0.3, -0.25) is 43.5 Å². The number of anilines is 4. The van der Waals surface area contributed by atoms with Gasteiger partial charge in [0.25, 0.3) is 23.6 Å². The number of benzene rings is 4. The maximum absolute atomic E-state index is 14.2. The summed E-state index contributed by atoms with van der Waals surface area (Å²) >= 11 is 0. The average molecular weight is 1090 g/mol. The van der Waals surface area contributed by atoms with Crippen molar-refractivity contribution in [2.24, 2.45) is 4.99 Å². The fourth-order valence-corrected chi connectivity index (χ4v) is 10.9. The third-order valence-corrected chi connectivity index (χ3v) is 15.1. The Morgan fingerprint density at radius 3 is 2.16 bits per heavy atom. The lowest BCUT2D eigenvalue weighted by atomic mass is 9.88. The summed E-state index contributed by atoms with van der Waals surface area (Å²) in [5.41, 5.74) is 6.44. The van der Waals surface area contributed by atoms with Crippen molar-refractivity contribution in [3.05, 3.63) is 130 Å². The first kappa shape index (κ1) is 54.5. The highest BCUT2D eigenvalue weighted by atomic mass is 16.7. The minimum absolute atomic E-state index is 0.000485. The van der Waals surface area contributed by atoms with Crippen LogP contribution in [0.1, 0.15) is 98.3 Å². The number of fused-ring (bicyclic) bond motifs is 7. The number of para-hydroxylation sites is 2. The van der Waals surface area contributed by atoms with Crippen LogP contribution in [0.25, 0.3) is 0 Å². The second-order valence-corrected chi connectivity index (χ2v) is 20.8. The third kappa shape index (κ3) is 11.2. The van der Waals surface area contributed by atoms with Crippen molar-refractivity contribution in [1.29, 1.82) is 0 Å². The molecule has 10 rings (SSSR count). The maximum atomic E-state index is 14.2. The van der Waals surface area contributed by atoms with E-state index >= 15 is 0 Å². The van der Waals surface area contributed by atoms with Crippen molar-refractivity contribution in [3.8, 4) is 11.5 Å². The van der Waals surface area contributed by atoms with Crippen molar-refractivity contribution in [2.45, 2.75) is 122 Å². The SMILES string of the molecule is COC1=CC2=C(CC1(C)OCc1cc(COc3cc4c(cc3OC)C(=O)N3c5ccccc5C[C@H]3CN4)cc(NC(=O)[C@H](C)NC(=O)[C@H](C)NC(=O)CCCCC(=O)ON3C(=O)CCC3=O)c1)N=C[C@@H]1Cc3ccccc3N1C2=O. The van der Waals surface area contributed by atoms with Gasteiger partial charge in [0, 0.05) is 74.4 Å². The van der Waals surface area contributed by atoms with Crippen LogP contribution >= 0.6 is 0 Å². The summed E-state index contributed by atoms with van der Waals surface area (Å²) in [6.07, 6.45) is 5.40. The predicted octanol–water partition coefficient (Wildman–Crippen LogP) is 5.89. The molecule has 1 saturated heterocycles. The number of hydrogen-bond donors (Lipinski definition) is 4. The summed E-state index contributed by atoms with van der Waals surface area (Å²) < 4.78 is 24.9. The van der Waals surface area contributed by atoms with Crippen LogP contribution in [0.5, 0.6) is 11.5 Å². The Labute approximate surface area is 461 Å². The molecule has 416 valence electrons. The fourth-order valence-electron chi connectivity index (χ4n) is 10.9. The molecule has 1 unspecified atom stereocenters. The van der Waals surface area contributed by atoms with Gasteiger partial charge in [0.2, 0.25) is 17.7 Å². The quantitative estimate of drug-likeness (QED) is 0.0631. The van der Waals surface area contributed by atoms with Crippen LogP contribution in [0.4, 0.5) is 22.7 Å². The number of carbonyl (C=O) groups is 8. The number of rotatable bonds is 19. The highest BCUT2D eigenvalue weighted by molar-refractivity contribution is 6.14. The lowest BCUT2D eigenvalue weighted by Gasteiger charge is -2.35. The number of unbranched alkanes of at least 4 members (excludes halogenated alkanes) is 1. The molecule has 0 aromatic heterocycles. The van der Waals surface area contributed by atoms with Gasteiger partial charge in [0.15, 0.2) is 11.5 Å². The number of carbonyl (C=O) groups excluding carboxylic acids is 8. The summed E-state index contributed by atoms with van der Waals surface area (Å²) in [5.74, 6) is -2.80. The second kappa shape index (κ2) is 22.9. The summed E-state index contributed by atoms with van der Waals surface area (Å²) in [5, 5.41) is 12.1. The normalized spacial score (nSPS) is 20.4. The summed E-state index contributed by atoms with van der Waals surface area (Å²) in [4.78, 5) is 117. The molecule has 5 aliphatic heterocycles. The van der Waals surface area contributed by atoms with E-state index in [0.717, 1.165) is 28.9 Å². The molecule has 5 atom stereocenters. The Hall–Kier alpha value is -8.85. The lowest BCUT2D eigenvalue weighted by molar-refractivity contribution is -0.197. The molecule has 4 aromatic carbocycles. The van der Waals surface area contributed by atoms with Crippen LogP contribution < -0.4 is 40.5 Å². The molecule has 21 nitrogen and oxygen atoms in total. The van der Waals surface area contributed by atoms with Crippen molar-refractivity contribution in [2.75, 3.05) is 41.2 Å². The first-order chi connectivity index (χ1) is 38.5. The van der Waals surface area contributed by atoms with Crippen molar-refractivity contribution < 1.29 is 62.1 Å². The maximum Gasteiger partial charge on any atom is 0.333 e. The zero-order chi connectivity index (χ0) is 56.4. The van der Waals surface area contributed by atoms with Crippen LogP contribution in [0.3, 0.4) is 0 Å². The van der Waals surface area contributed by atoms with Crippen molar-refractivity contribution >= 4 is 76.3 Å². The van der Waals surface area contributed by atoms with Crippen LogP contribution in [-0.2, 0) is 73.9 Å². The number of methoxy groups -OCH3 is 2. The highest BCUT2D eigenvalue weighted by Crippen LogP contribution is 2.43. The molecule has 0 bridgehead atoms. The van der Waals surface area contributed by atoms with E-state index in [-0.39, 0.29) is 82.1 Å². The Kier molecular flexibility index (Phi) is 15.6. The van der Waals surface area contributed by atoms with Crippen molar-refractivity contribution in [3.63, 3.8) is 0 Å². The molecule has 1 fully saturated rings. The second-order valence-electron chi connectivity index (χ2n) is 20.8. The standard InChI is InChI=1S/C59H62N8O13/c1-33(62-51(68)16-10-11-17-54(71)80-67-52(69)18-19-53(67)70)55(72)63-34(2)56(73)64-39-21-35(31-78-49-27-44-42(25-48(49)76-4)57(74)65-40(29-60-44)23-37-12-6-8-14-46(37)65)20-36(22-39)32-79-59(3)28-45-43(26-50(59)77-5)58(75)66-41(30-61-45)24-38-13-7-9-15-47(38)66/h6-9,12-15,20-22,25-27,30,33-34,40-41,60H,10-11,16-19,23-24,28-29,31-32H2,1-5H3,(H,62,68)(H,63,72)(H,64,73)/t33-,34-,40-,41-,59?/m0/s1. The first-order valence-electron chi connectivity index (χ1n) is 26.7. The summed E-state index contributed by atoms with van der Waals surface area (Å²) in [7, 11) is 3.03. The van der Waals surface area contributed by atoms with Gasteiger partial charge in [-0.1, -0.05) is 36.4 Å². The molecule has 0 spiro atoms. The number of nitrogens with zero attached hydrogens (tertiary/aromatic N) is 4. The number of hydroxylamine groups is 2. The van der Waals surface area contributed by atoms with Gasteiger partial charge in [-0.25, -0.2) is 4.79 Å². The predicted molar refractivity (Wildman–Crippen MR) is 292 cm³/mol. The van der Waals surface area contributed by atoms with E-state index in [1.54, 1.807) is 35.2 Å². The van der Waals surface area contributed by atoms with E-state index in [9.17, 15) is 38.4 Å². The molecule has 21 heteroatoms. The number of ether oxygens (including phenoxy) is 4. The van der Waals surface area contributed by atoms with E-state index in [0.29, 0.717) is 74.6 Å². The molecular formula is C59H62N8O13. The van der Waals surface area contributed by atoms with Crippen LogP contribution in [0.15, 0.2) is 107 Å². The molecule has 0 radical (unpaired) electrons. The molecular weight excluding hydrogens is 1030 g/mol. The summed E-state index contributed by atoms with van der Waals surface area (Å²) in [6, 6.07) is 22.1. The van der Waals surface area contributed by atoms with Gasteiger partial charge in [0.1, 0.15) is 30.1 Å². The van der Waals surface area contributed by atoms with Gasteiger partial charge in [0.05, 0.1) is 55.4 Å². The minimum Gasteiger partial charge on any atom is -0.498 e. The topological polar surface area (TPSA) is 253 Å². The number of hydrogen-bond acceptors (Lipinski definition) is 15. The number of aliphatic imine (C=N–C) groups is 1. The highest BCUT2D eigenvalue weighted by Gasteiger charge is 2.44. The van der Waals surface area contributed by atoms with Gasteiger partial charge in [-0.05, 0) is 105 Å². The zero-order valence-corrected chi connectivity index (χ0v) is 45.1. The van der Waals surface area contributed by atoms with Gasteiger partial charge in [-0.15, -0.1) is 5.06 Å². The Bertz CT molecular complexity index is 3300. The minimum atomic E-state index is -1.08. The van der Waals surface area contributed by atoms with Crippen LogP contribution in [0, 0.1) is 0 Å². The van der Waals surface area contributed by atoms with Gasteiger partial charge >= 0.3 is 5.97 Å².